The Labute approximate surface area is 114 Å². The number of aliphatic imine (C=N–C) groups is 1. The zero-order valence-corrected chi connectivity index (χ0v) is 11.0. The van der Waals surface area contributed by atoms with E-state index in [1.54, 1.807) is 24.4 Å². The molecule has 19 heavy (non-hydrogen) atoms. The van der Waals surface area contributed by atoms with E-state index in [0.717, 1.165) is 5.56 Å². The molecule has 1 aromatic heterocycles. The summed E-state index contributed by atoms with van der Waals surface area (Å²) in [5.41, 5.74) is 2.16. The van der Waals surface area contributed by atoms with Crippen molar-refractivity contribution in [2.75, 3.05) is 11.9 Å². The van der Waals surface area contributed by atoms with Gasteiger partial charge in [0.05, 0.1) is 5.69 Å². The van der Waals surface area contributed by atoms with Gasteiger partial charge < -0.3 is 9.88 Å². The second-order valence-electron chi connectivity index (χ2n) is 4.26. The van der Waals surface area contributed by atoms with Crippen molar-refractivity contribution in [3.63, 3.8) is 0 Å². The quantitative estimate of drug-likeness (QED) is 0.863. The molecule has 0 unspecified atom stereocenters. The van der Waals surface area contributed by atoms with Crippen LogP contribution in [0.25, 0.3) is 0 Å². The van der Waals surface area contributed by atoms with Crippen LogP contribution >= 0.6 is 11.6 Å². The van der Waals surface area contributed by atoms with Crippen LogP contribution in [-0.4, -0.2) is 27.7 Å². The lowest BCUT2D eigenvalue weighted by molar-refractivity contribution is -0.114. The van der Waals surface area contributed by atoms with Crippen LogP contribution in [0.3, 0.4) is 0 Å². The van der Waals surface area contributed by atoms with Gasteiger partial charge in [-0.15, -0.1) is 0 Å². The van der Waals surface area contributed by atoms with Crippen molar-refractivity contribution < 1.29 is 4.79 Å². The molecule has 3 rings (SSSR count). The Hall–Kier alpha value is -2.14. The maximum Gasteiger partial charge on any atom is 0.246 e. The topological polar surface area (TPSA) is 59.3 Å². The molecular formula is C13H11ClN4O. The number of carbonyl (C=O) groups is 1. The van der Waals surface area contributed by atoms with Crippen molar-refractivity contribution in [1.29, 1.82) is 0 Å². The number of nitrogens with zero attached hydrogens (tertiary/aromatic N) is 3. The fraction of sp³-hybridized carbons (Fsp3) is 0.154. The van der Waals surface area contributed by atoms with Crippen LogP contribution in [0.15, 0.2) is 35.6 Å². The standard InChI is InChI=1S/C13H11ClN4O/c1-18-5-4-15-13(18)12-9-6-8(14)2-3-10(9)17-11(19)7-16-12/h2-6H,7H2,1H3,(H,17,19). The van der Waals surface area contributed by atoms with Gasteiger partial charge in [-0.3, -0.25) is 9.79 Å². The van der Waals surface area contributed by atoms with Crippen LogP contribution in [0.4, 0.5) is 5.69 Å². The summed E-state index contributed by atoms with van der Waals surface area (Å²) in [5.74, 6) is 0.563. The van der Waals surface area contributed by atoms with Gasteiger partial charge in [-0.25, -0.2) is 4.98 Å². The first-order valence-electron chi connectivity index (χ1n) is 5.77. The molecule has 6 heteroatoms. The maximum atomic E-state index is 11.7. The number of amides is 1. The van der Waals surface area contributed by atoms with Crippen LogP contribution in [0.5, 0.6) is 0 Å². The number of hydrogen-bond donors (Lipinski definition) is 1. The predicted octanol–water partition coefficient (Wildman–Crippen LogP) is 1.86. The van der Waals surface area contributed by atoms with Gasteiger partial charge in [0.1, 0.15) is 12.3 Å². The monoisotopic (exact) mass is 274 g/mol. The third-order valence-electron chi connectivity index (χ3n) is 2.92. The van der Waals surface area contributed by atoms with Gasteiger partial charge in [0.25, 0.3) is 0 Å². The van der Waals surface area contributed by atoms with Crippen LogP contribution in [-0.2, 0) is 11.8 Å². The summed E-state index contributed by atoms with van der Waals surface area (Å²) >= 11 is 6.04. The molecule has 0 spiro atoms. The molecule has 0 radical (unpaired) electrons. The average Bonchev–Trinajstić information content (AvgIpc) is 2.72. The number of carbonyl (C=O) groups excluding carboxylic acids is 1. The lowest BCUT2D eigenvalue weighted by atomic mass is 10.1. The van der Waals surface area contributed by atoms with Crippen molar-refractivity contribution in [3.05, 3.63) is 47.0 Å². The normalized spacial score (nSPS) is 14.4. The molecule has 1 aliphatic rings. The Kier molecular flexibility index (Phi) is 2.83. The number of anilines is 1. The number of nitrogens with one attached hydrogen (secondary N) is 1. The number of halogens is 1. The Balaban J connectivity index is 2.22. The molecule has 96 valence electrons. The number of hydrogen-bond acceptors (Lipinski definition) is 3. The van der Waals surface area contributed by atoms with Gasteiger partial charge >= 0.3 is 0 Å². The van der Waals surface area contributed by atoms with Crippen molar-refractivity contribution in [2.24, 2.45) is 12.0 Å². The minimum atomic E-state index is -0.146. The molecule has 0 atom stereocenters. The van der Waals surface area contributed by atoms with Gasteiger partial charge in [-0.1, -0.05) is 11.6 Å². The third kappa shape index (κ3) is 2.13. The van der Waals surface area contributed by atoms with E-state index < -0.39 is 0 Å². The van der Waals surface area contributed by atoms with Gasteiger partial charge in [-0.2, -0.15) is 0 Å². The largest absolute Gasteiger partial charge is 0.333 e. The second kappa shape index (κ2) is 4.51. The first kappa shape index (κ1) is 11.9. The summed E-state index contributed by atoms with van der Waals surface area (Å²) < 4.78 is 1.86. The molecule has 2 heterocycles. The first-order chi connectivity index (χ1) is 9.15. The fourth-order valence-electron chi connectivity index (χ4n) is 2.03. The molecule has 0 saturated carbocycles. The average molecular weight is 275 g/mol. The van der Waals surface area contributed by atoms with Crippen LogP contribution in [0.2, 0.25) is 5.02 Å². The fourth-order valence-corrected chi connectivity index (χ4v) is 2.20. The van der Waals surface area contributed by atoms with Crippen molar-refractivity contribution in [3.8, 4) is 0 Å². The second-order valence-corrected chi connectivity index (χ2v) is 4.70. The molecule has 0 saturated heterocycles. The van der Waals surface area contributed by atoms with E-state index in [0.29, 0.717) is 22.2 Å². The van der Waals surface area contributed by atoms with Crippen molar-refractivity contribution in [1.82, 2.24) is 9.55 Å². The Morgan fingerprint density at radius 3 is 3.00 bits per heavy atom. The summed E-state index contributed by atoms with van der Waals surface area (Å²) in [4.78, 5) is 20.3. The van der Waals surface area contributed by atoms with Crippen LogP contribution < -0.4 is 5.32 Å². The van der Waals surface area contributed by atoms with Crippen LogP contribution in [0.1, 0.15) is 11.4 Å². The van der Waals surface area contributed by atoms with Gasteiger partial charge in [0, 0.05) is 30.0 Å². The Morgan fingerprint density at radius 2 is 2.26 bits per heavy atom. The van der Waals surface area contributed by atoms with Crippen LogP contribution in [0, 0.1) is 0 Å². The number of aryl methyl sites for hydroxylation is 1. The number of imidazole rings is 1. The third-order valence-corrected chi connectivity index (χ3v) is 3.16. The highest BCUT2D eigenvalue weighted by Crippen LogP contribution is 2.25. The highest BCUT2D eigenvalue weighted by molar-refractivity contribution is 6.31. The maximum absolute atomic E-state index is 11.7. The molecular weight excluding hydrogens is 264 g/mol. The van der Waals surface area contributed by atoms with E-state index in [1.807, 2.05) is 17.8 Å². The van der Waals surface area contributed by atoms with E-state index in [1.165, 1.54) is 0 Å². The lowest BCUT2D eigenvalue weighted by Crippen LogP contribution is -2.13. The molecule has 0 aliphatic carbocycles. The van der Waals surface area contributed by atoms with E-state index in [9.17, 15) is 4.79 Å². The highest BCUT2D eigenvalue weighted by atomic mass is 35.5. The molecule has 1 aliphatic heterocycles. The summed E-state index contributed by atoms with van der Waals surface area (Å²) in [6, 6.07) is 5.30. The minimum Gasteiger partial charge on any atom is -0.333 e. The molecule has 5 nitrogen and oxygen atoms in total. The zero-order valence-electron chi connectivity index (χ0n) is 10.2. The van der Waals surface area contributed by atoms with Crippen molar-refractivity contribution >= 4 is 28.9 Å². The smallest absolute Gasteiger partial charge is 0.246 e. The van der Waals surface area contributed by atoms with E-state index in [-0.39, 0.29) is 12.5 Å². The first-order valence-corrected chi connectivity index (χ1v) is 6.15. The zero-order chi connectivity index (χ0) is 13.4. The summed E-state index contributed by atoms with van der Waals surface area (Å²) in [6.45, 7) is 0.0779. The minimum absolute atomic E-state index is 0.0779. The molecule has 1 N–H and O–H groups in total. The number of rotatable bonds is 1. The number of aromatic nitrogens is 2. The van der Waals surface area contributed by atoms with Crippen molar-refractivity contribution in [2.45, 2.75) is 0 Å². The SMILES string of the molecule is Cn1ccnc1C1=NCC(=O)Nc2ccc(Cl)cc21. The molecule has 1 aromatic carbocycles. The molecule has 2 aromatic rings. The Morgan fingerprint density at radius 1 is 1.42 bits per heavy atom. The molecule has 1 amide bonds. The number of benzene rings is 1. The number of benzodiazepines with no additional fused rings is 1. The summed E-state index contributed by atoms with van der Waals surface area (Å²) in [6.07, 6.45) is 3.53. The van der Waals surface area contributed by atoms with Gasteiger partial charge in [0.15, 0.2) is 5.82 Å². The number of fused-ring (bicyclic) bond motifs is 1. The molecule has 0 fully saturated rings. The van der Waals surface area contributed by atoms with Gasteiger partial charge in [-0.05, 0) is 18.2 Å². The lowest BCUT2D eigenvalue weighted by Gasteiger charge is -2.10. The molecule has 0 bridgehead atoms. The Bertz CT molecular complexity index is 690. The summed E-state index contributed by atoms with van der Waals surface area (Å²) in [5, 5.41) is 3.41. The predicted molar refractivity (Wildman–Crippen MR) is 73.8 cm³/mol. The summed E-state index contributed by atoms with van der Waals surface area (Å²) in [7, 11) is 1.88. The van der Waals surface area contributed by atoms with Gasteiger partial charge in [0.2, 0.25) is 5.91 Å². The highest BCUT2D eigenvalue weighted by Gasteiger charge is 2.20. The van der Waals surface area contributed by atoms with E-state index in [2.05, 4.69) is 15.3 Å². The van der Waals surface area contributed by atoms with E-state index >= 15 is 0 Å². The van der Waals surface area contributed by atoms with E-state index in [4.69, 9.17) is 11.6 Å².